The molecule has 0 fully saturated rings. The van der Waals surface area contributed by atoms with Crippen LogP contribution < -0.4 is 0 Å². The third kappa shape index (κ3) is 3.90. The van der Waals surface area contributed by atoms with Crippen molar-refractivity contribution in [2.75, 3.05) is 0 Å². The summed E-state index contributed by atoms with van der Waals surface area (Å²) in [6.07, 6.45) is 5.23. The maximum absolute atomic E-state index is 4.31. The van der Waals surface area contributed by atoms with Crippen LogP contribution >= 0.6 is 12.6 Å². The van der Waals surface area contributed by atoms with Gasteiger partial charge in [0.05, 0.1) is 0 Å². The van der Waals surface area contributed by atoms with Crippen molar-refractivity contribution in [1.82, 2.24) is 0 Å². The van der Waals surface area contributed by atoms with Crippen LogP contribution in [0, 0.1) is 0 Å². The number of benzene rings is 1. The minimum Gasteiger partial charge on any atom is -0.143 e. The highest BCUT2D eigenvalue weighted by atomic mass is 32.1. The Morgan fingerprint density at radius 1 is 1.07 bits per heavy atom. The maximum Gasteiger partial charge on any atom is 0.00401 e. The van der Waals surface area contributed by atoms with Crippen LogP contribution in [-0.2, 0) is 5.41 Å². The monoisotopic (exact) mass is 222 g/mol. The van der Waals surface area contributed by atoms with Gasteiger partial charge in [0, 0.05) is 4.90 Å². The lowest BCUT2D eigenvalue weighted by Gasteiger charge is -2.25. The van der Waals surface area contributed by atoms with Crippen LogP contribution in [0.25, 0.3) is 0 Å². The average Bonchev–Trinajstić information content (AvgIpc) is 2.18. The quantitative estimate of drug-likeness (QED) is 0.535. The molecule has 0 saturated carbocycles. The van der Waals surface area contributed by atoms with E-state index in [1.54, 1.807) is 0 Å². The van der Waals surface area contributed by atoms with Crippen LogP contribution in [0.15, 0.2) is 29.2 Å². The lowest BCUT2D eigenvalue weighted by molar-refractivity contribution is 0.450. The van der Waals surface area contributed by atoms with E-state index in [-0.39, 0.29) is 0 Å². The zero-order valence-corrected chi connectivity index (χ0v) is 11.0. The molecule has 1 rings (SSSR count). The summed E-state index contributed by atoms with van der Waals surface area (Å²) in [5.74, 6) is 0. The molecule has 0 aromatic heterocycles. The molecule has 0 aliphatic carbocycles. The SMILES string of the molecule is CCCCCC(C)(C)c1ccc(S)cc1. The fourth-order valence-electron chi connectivity index (χ4n) is 1.87. The van der Waals surface area contributed by atoms with Crippen LogP contribution in [0.3, 0.4) is 0 Å². The summed E-state index contributed by atoms with van der Waals surface area (Å²) in [5, 5.41) is 0. The normalized spacial score (nSPS) is 11.7. The van der Waals surface area contributed by atoms with Gasteiger partial charge in [-0.25, -0.2) is 0 Å². The number of hydrogen-bond acceptors (Lipinski definition) is 1. The Hall–Kier alpha value is -0.430. The van der Waals surface area contributed by atoms with E-state index in [0.717, 1.165) is 4.90 Å². The van der Waals surface area contributed by atoms with Crippen LogP contribution in [-0.4, -0.2) is 0 Å². The Bertz CT molecular complexity index is 285. The van der Waals surface area contributed by atoms with E-state index in [2.05, 4.69) is 57.7 Å². The number of hydrogen-bond donors (Lipinski definition) is 1. The van der Waals surface area contributed by atoms with Crippen molar-refractivity contribution in [2.45, 2.75) is 56.8 Å². The fraction of sp³-hybridized carbons (Fsp3) is 0.571. The standard InChI is InChI=1S/C14H22S/c1-4-5-6-11-14(2,3)12-7-9-13(15)10-8-12/h7-10,15H,4-6,11H2,1-3H3. The largest absolute Gasteiger partial charge is 0.143 e. The van der Waals surface area contributed by atoms with Gasteiger partial charge in [-0.2, -0.15) is 0 Å². The molecule has 1 aromatic carbocycles. The molecule has 0 aliphatic heterocycles. The second kappa shape index (κ2) is 5.60. The number of thiol groups is 1. The topological polar surface area (TPSA) is 0 Å². The van der Waals surface area contributed by atoms with Gasteiger partial charge in [-0.05, 0) is 29.5 Å². The van der Waals surface area contributed by atoms with Gasteiger partial charge < -0.3 is 0 Å². The highest BCUT2D eigenvalue weighted by Gasteiger charge is 2.19. The van der Waals surface area contributed by atoms with Crippen molar-refractivity contribution in [1.29, 1.82) is 0 Å². The van der Waals surface area contributed by atoms with Gasteiger partial charge >= 0.3 is 0 Å². The first-order chi connectivity index (χ1) is 7.06. The van der Waals surface area contributed by atoms with E-state index >= 15 is 0 Å². The van der Waals surface area contributed by atoms with E-state index in [0.29, 0.717) is 5.41 Å². The molecule has 0 amide bonds. The minimum atomic E-state index is 0.302. The highest BCUT2D eigenvalue weighted by Crippen LogP contribution is 2.29. The molecular formula is C14H22S. The number of unbranched alkanes of at least 4 members (excludes halogenated alkanes) is 2. The maximum atomic E-state index is 4.31. The third-order valence-corrected chi connectivity index (χ3v) is 3.35. The summed E-state index contributed by atoms with van der Waals surface area (Å²) in [4.78, 5) is 1.04. The summed E-state index contributed by atoms with van der Waals surface area (Å²) in [6.45, 7) is 6.91. The van der Waals surface area contributed by atoms with Crippen molar-refractivity contribution < 1.29 is 0 Å². The van der Waals surface area contributed by atoms with Gasteiger partial charge in [0.2, 0.25) is 0 Å². The molecule has 84 valence electrons. The second-order valence-electron chi connectivity index (χ2n) is 4.89. The van der Waals surface area contributed by atoms with Crippen LogP contribution in [0.4, 0.5) is 0 Å². The fourth-order valence-corrected chi connectivity index (χ4v) is 2.02. The Kier molecular flexibility index (Phi) is 4.72. The van der Waals surface area contributed by atoms with Crippen molar-refractivity contribution in [3.63, 3.8) is 0 Å². The van der Waals surface area contributed by atoms with Crippen molar-refractivity contribution >= 4 is 12.6 Å². The summed E-state index contributed by atoms with van der Waals surface area (Å²) >= 11 is 4.31. The molecule has 0 heterocycles. The van der Waals surface area contributed by atoms with Gasteiger partial charge in [0.15, 0.2) is 0 Å². The molecule has 0 unspecified atom stereocenters. The van der Waals surface area contributed by atoms with Gasteiger partial charge in [-0.3, -0.25) is 0 Å². The second-order valence-corrected chi connectivity index (χ2v) is 5.40. The lowest BCUT2D eigenvalue weighted by atomic mass is 9.80. The zero-order chi connectivity index (χ0) is 11.3. The predicted molar refractivity (Wildman–Crippen MR) is 70.9 cm³/mol. The molecule has 0 N–H and O–H groups in total. The molecule has 1 aromatic rings. The molecule has 15 heavy (non-hydrogen) atoms. The lowest BCUT2D eigenvalue weighted by Crippen LogP contribution is -2.16. The number of rotatable bonds is 5. The van der Waals surface area contributed by atoms with Crippen molar-refractivity contribution in [3.8, 4) is 0 Å². The molecule has 0 bridgehead atoms. The van der Waals surface area contributed by atoms with Crippen LogP contribution in [0.5, 0.6) is 0 Å². The predicted octanol–water partition coefficient (Wildman–Crippen LogP) is 4.83. The first-order valence-electron chi connectivity index (χ1n) is 5.86. The van der Waals surface area contributed by atoms with E-state index in [1.807, 2.05) is 0 Å². The highest BCUT2D eigenvalue weighted by molar-refractivity contribution is 7.80. The molecular weight excluding hydrogens is 200 g/mol. The Labute approximate surface area is 99.5 Å². The van der Waals surface area contributed by atoms with Gasteiger partial charge in [-0.1, -0.05) is 52.2 Å². The summed E-state index contributed by atoms with van der Waals surface area (Å²) in [7, 11) is 0. The molecule has 0 spiro atoms. The van der Waals surface area contributed by atoms with Crippen molar-refractivity contribution in [2.24, 2.45) is 0 Å². The van der Waals surface area contributed by atoms with Crippen LogP contribution in [0.1, 0.15) is 52.0 Å². The molecule has 0 saturated heterocycles. The first kappa shape index (κ1) is 12.6. The summed E-state index contributed by atoms with van der Waals surface area (Å²) in [6, 6.07) is 8.57. The Morgan fingerprint density at radius 3 is 2.20 bits per heavy atom. The Morgan fingerprint density at radius 2 is 1.67 bits per heavy atom. The summed E-state index contributed by atoms with van der Waals surface area (Å²) < 4.78 is 0. The van der Waals surface area contributed by atoms with Crippen molar-refractivity contribution in [3.05, 3.63) is 29.8 Å². The third-order valence-electron chi connectivity index (χ3n) is 3.05. The molecule has 0 atom stereocenters. The van der Waals surface area contributed by atoms with E-state index in [4.69, 9.17) is 0 Å². The average molecular weight is 222 g/mol. The van der Waals surface area contributed by atoms with Gasteiger partial charge in [0.1, 0.15) is 0 Å². The van der Waals surface area contributed by atoms with E-state index in [9.17, 15) is 0 Å². The molecule has 1 heteroatoms. The zero-order valence-electron chi connectivity index (χ0n) is 10.1. The first-order valence-corrected chi connectivity index (χ1v) is 6.30. The Balaban J connectivity index is 2.63. The van der Waals surface area contributed by atoms with Gasteiger partial charge in [0.25, 0.3) is 0 Å². The molecule has 0 radical (unpaired) electrons. The molecule has 0 aliphatic rings. The van der Waals surface area contributed by atoms with E-state index < -0.39 is 0 Å². The van der Waals surface area contributed by atoms with Gasteiger partial charge in [-0.15, -0.1) is 12.6 Å². The van der Waals surface area contributed by atoms with E-state index in [1.165, 1.54) is 31.2 Å². The molecule has 0 nitrogen and oxygen atoms in total. The smallest absolute Gasteiger partial charge is 0.00401 e. The summed E-state index contributed by atoms with van der Waals surface area (Å²) in [5.41, 5.74) is 1.73. The van der Waals surface area contributed by atoms with Crippen LogP contribution in [0.2, 0.25) is 0 Å². The minimum absolute atomic E-state index is 0.302.